The minimum atomic E-state index is -4.74. The lowest BCUT2D eigenvalue weighted by Gasteiger charge is -2.16. The molecule has 0 atom stereocenters. The number of carbonyl (C=O) groups excluding carboxylic acids is 1. The molecule has 0 bridgehead atoms. The van der Waals surface area contributed by atoms with Crippen molar-refractivity contribution in [3.63, 3.8) is 0 Å². The first kappa shape index (κ1) is 19.8. The van der Waals surface area contributed by atoms with Gasteiger partial charge < -0.3 is 9.84 Å². The van der Waals surface area contributed by atoms with Crippen LogP contribution >= 0.6 is 0 Å². The number of benzene rings is 2. The average molecular weight is 392 g/mol. The molecule has 0 saturated carbocycles. The molecule has 3 rings (SSSR count). The topological polar surface area (TPSA) is 61.8 Å². The van der Waals surface area contributed by atoms with E-state index in [2.05, 4.69) is 10.2 Å². The molecule has 2 aromatic rings. The number of hydrazine groups is 1. The molecule has 0 unspecified atom stereocenters. The van der Waals surface area contributed by atoms with Crippen molar-refractivity contribution in [1.82, 2.24) is 10.4 Å². The van der Waals surface area contributed by atoms with Crippen molar-refractivity contribution in [2.75, 3.05) is 13.1 Å². The third-order valence-corrected chi connectivity index (χ3v) is 4.22. The van der Waals surface area contributed by atoms with Crippen LogP contribution in [0.25, 0.3) is 12.2 Å². The zero-order valence-corrected chi connectivity index (χ0v) is 14.9. The summed E-state index contributed by atoms with van der Waals surface area (Å²) in [4.78, 5) is 12.3. The van der Waals surface area contributed by atoms with Gasteiger partial charge in [-0.1, -0.05) is 24.3 Å². The summed E-state index contributed by atoms with van der Waals surface area (Å²) in [5.41, 5.74) is 4.26. The van der Waals surface area contributed by atoms with Crippen molar-refractivity contribution in [2.45, 2.75) is 19.2 Å². The number of aromatic hydroxyl groups is 1. The largest absolute Gasteiger partial charge is 0.573 e. The maximum absolute atomic E-state index is 12.3. The molecule has 1 aliphatic rings. The van der Waals surface area contributed by atoms with Crippen LogP contribution in [0.15, 0.2) is 42.5 Å². The van der Waals surface area contributed by atoms with E-state index in [0.717, 1.165) is 25.9 Å². The highest BCUT2D eigenvalue weighted by Crippen LogP contribution is 2.24. The van der Waals surface area contributed by atoms with E-state index in [1.54, 1.807) is 18.2 Å². The van der Waals surface area contributed by atoms with Gasteiger partial charge in [0, 0.05) is 24.2 Å². The van der Waals surface area contributed by atoms with Gasteiger partial charge in [0.25, 0.3) is 5.91 Å². The first-order chi connectivity index (χ1) is 13.3. The summed E-state index contributed by atoms with van der Waals surface area (Å²) in [7, 11) is 0. The number of hydrogen-bond donors (Lipinski definition) is 2. The number of carbonyl (C=O) groups is 1. The zero-order chi connectivity index (χ0) is 20.1. The fraction of sp³-hybridized carbons (Fsp3) is 0.250. The Morgan fingerprint density at radius 2 is 1.75 bits per heavy atom. The predicted molar refractivity (Wildman–Crippen MR) is 98.4 cm³/mol. The van der Waals surface area contributed by atoms with Crippen LogP contribution in [0.4, 0.5) is 13.2 Å². The number of phenolic OH excluding ortho intramolecular Hbond substituents is 1. The van der Waals surface area contributed by atoms with Crippen LogP contribution in [0.5, 0.6) is 11.5 Å². The van der Waals surface area contributed by atoms with Crippen LogP contribution in [-0.4, -0.2) is 35.5 Å². The number of hydrogen-bond acceptors (Lipinski definition) is 4. The SMILES string of the molecule is O=C(NN1CCCC1)c1ccc(O)c(/C=C/c2ccc(OC(F)(F)F)cc2)c1. The van der Waals surface area contributed by atoms with Gasteiger partial charge >= 0.3 is 6.36 Å². The van der Waals surface area contributed by atoms with Crippen LogP contribution in [0.1, 0.15) is 34.3 Å². The summed E-state index contributed by atoms with van der Waals surface area (Å²) in [6.45, 7) is 1.62. The summed E-state index contributed by atoms with van der Waals surface area (Å²) >= 11 is 0. The molecule has 5 nitrogen and oxygen atoms in total. The van der Waals surface area contributed by atoms with Crippen molar-refractivity contribution in [2.24, 2.45) is 0 Å². The van der Waals surface area contributed by atoms with Crippen LogP contribution in [0, 0.1) is 0 Å². The number of phenols is 1. The maximum atomic E-state index is 12.3. The summed E-state index contributed by atoms with van der Waals surface area (Å²) in [5, 5.41) is 11.9. The van der Waals surface area contributed by atoms with Crippen molar-refractivity contribution in [1.29, 1.82) is 0 Å². The Labute approximate surface area is 160 Å². The molecule has 28 heavy (non-hydrogen) atoms. The van der Waals surface area contributed by atoms with E-state index in [0.29, 0.717) is 16.7 Å². The highest BCUT2D eigenvalue weighted by atomic mass is 19.4. The Hall–Kier alpha value is -3.00. The van der Waals surface area contributed by atoms with Crippen molar-refractivity contribution < 1.29 is 27.8 Å². The lowest BCUT2D eigenvalue weighted by molar-refractivity contribution is -0.274. The van der Waals surface area contributed by atoms with Gasteiger partial charge in [-0.3, -0.25) is 10.2 Å². The first-order valence-electron chi connectivity index (χ1n) is 8.73. The summed E-state index contributed by atoms with van der Waals surface area (Å²) < 4.78 is 40.4. The lowest BCUT2D eigenvalue weighted by atomic mass is 10.1. The lowest BCUT2D eigenvalue weighted by Crippen LogP contribution is -2.39. The van der Waals surface area contributed by atoms with E-state index in [1.165, 1.54) is 36.4 Å². The molecule has 1 heterocycles. The van der Waals surface area contributed by atoms with E-state index in [1.807, 2.05) is 5.01 Å². The minimum Gasteiger partial charge on any atom is -0.507 e. The number of nitrogens with one attached hydrogen (secondary N) is 1. The van der Waals surface area contributed by atoms with Gasteiger partial charge in [-0.05, 0) is 48.7 Å². The van der Waals surface area contributed by atoms with E-state index in [9.17, 15) is 23.1 Å². The number of rotatable bonds is 5. The van der Waals surface area contributed by atoms with Crippen LogP contribution in [-0.2, 0) is 0 Å². The number of ether oxygens (including phenoxy) is 1. The molecule has 0 spiro atoms. The van der Waals surface area contributed by atoms with E-state index in [-0.39, 0.29) is 17.4 Å². The Morgan fingerprint density at radius 3 is 2.39 bits per heavy atom. The highest BCUT2D eigenvalue weighted by molar-refractivity contribution is 5.95. The average Bonchev–Trinajstić information content (AvgIpc) is 3.14. The molecule has 2 N–H and O–H groups in total. The molecular formula is C20H19F3N2O3. The van der Waals surface area contributed by atoms with Gasteiger partial charge in [-0.25, -0.2) is 5.01 Å². The fourth-order valence-corrected chi connectivity index (χ4v) is 2.83. The van der Waals surface area contributed by atoms with Crippen molar-refractivity contribution in [3.8, 4) is 11.5 Å². The van der Waals surface area contributed by atoms with Crippen molar-refractivity contribution in [3.05, 3.63) is 59.2 Å². The molecular weight excluding hydrogens is 373 g/mol. The Bertz CT molecular complexity index is 858. The standard InChI is InChI=1S/C20H19F3N2O3/c21-20(22,23)28-17-8-4-14(5-9-17)3-6-15-13-16(7-10-18(15)26)19(27)24-25-11-1-2-12-25/h3-10,13,26H,1-2,11-12H2,(H,24,27)/b6-3+. The quantitative estimate of drug-likeness (QED) is 0.749. The zero-order valence-electron chi connectivity index (χ0n) is 14.9. The van der Waals surface area contributed by atoms with E-state index in [4.69, 9.17) is 0 Å². The fourth-order valence-electron chi connectivity index (χ4n) is 2.83. The van der Waals surface area contributed by atoms with E-state index < -0.39 is 6.36 Å². The molecule has 1 saturated heterocycles. The minimum absolute atomic E-state index is 0.00834. The maximum Gasteiger partial charge on any atom is 0.573 e. The van der Waals surface area contributed by atoms with Gasteiger partial charge in [-0.15, -0.1) is 13.2 Å². The van der Waals surface area contributed by atoms with Gasteiger partial charge in [0.2, 0.25) is 0 Å². The highest BCUT2D eigenvalue weighted by Gasteiger charge is 2.30. The Balaban J connectivity index is 1.70. The summed E-state index contributed by atoms with van der Waals surface area (Å²) in [6.07, 6.45) is 0.544. The first-order valence-corrected chi connectivity index (χ1v) is 8.73. The number of amides is 1. The van der Waals surface area contributed by atoms with Crippen LogP contribution < -0.4 is 10.2 Å². The van der Waals surface area contributed by atoms with Gasteiger partial charge in [0.1, 0.15) is 11.5 Å². The Kier molecular flexibility index (Phi) is 5.89. The smallest absolute Gasteiger partial charge is 0.507 e. The summed E-state index contributed by atoms with van der Waals surface area (Å²) in [5.74, 6) is -0.579. The van der Waals surface area contributed by atoms with Crippen LogP contribution in [0.2, 0.25) is 0 Å². The molecule has 1 fully saturated rings. The van der Waals surface area contributed by atoms with Crippen molar-refractivity contribution >= 4 is 18.1 Å². The summed E-state index contributed by atoms with van der Waals surface area (Å²) in [6, 6.07) is 9.83. The monoisotopic (exact) mass is 392 g/mol. The molecule has 1 amide bonds. The molecule has 2 aromatic carbocycles. The van der Waals surface area contributed by atoms with Gasteiger partial charge in [-0.2, -0.15) is 0 Å². The normalized spacial score (nSPS) is 15.1. The van der Waals surface area contributed by atoms with E-state index >= 15 is 0 Å². The Morgan fingerprint density at radius 1 is 1.07 bits per heavy atom. The van der Waals surface area contributed by atoms with Gasteiger partial charge in [0.05, 0.1) is 0 Å². The second kappa shape index (κ2) is 8.35. The molecule has 148 valence electrons. The molecule has 8 heteroatoms. The number of halogens is 3. The predicted octanol–water partition coefficient (Wildman–Crippen LogP) is 4.20. The third-order valence-electron chi connectivity index (χ3n) is 4.22. The second-order valence-electron chi connectivity index (χ2n) is 6.36. The molecule has 0 radical (unpaired) electrons. The number of alkyl halides is 3. The third kappa shape index (κ3) is 5.50. The molecule has 0 aromatic heterocycles. The van der Waals surface area contributed by atoms with Crippen LogP contribution in [0.3, 0.4) is 0 Å². The second-order valence-corrected chi connectivity index (χ2v) is 6.36. The van der Waals surface area contributed by atoms with Gasteiger partial charge in [0.15, 0.2) is 0 Å². The number of nitrogens with zero attached hydrogens (tertiary/aromatic N) is 1. The molecule has 1 aliphatic heterocycles. The molecule has 0 aliphatic carbocycles.